The molecular weight excluding hydrogens is 274 g/mol. The third kappa shape index (κ3) is 16.7. The molecule has 0 aliphatic heterocycles. The van der Waals surface area contributed by atoms with Crippen LogP contribution in [0.2, 0.25) is 0 Å². The molecule has 1 aliphatic carbocycles. The van der Waals surface area contributed by atoms with Crippen LogP contribution in [0.5, 0.6) is 0 Å². The smallest absolute Gasteiger partial charge is 0.300 e. The normalized spacial score (nSPS) is 12.8. The van der Waals surface area contributed by atoms with Crippen LogP contribution < -0.4 is 5.73 Å². The molecule has 0 aromatic heterocycles. The van der Waals surface area contributed by atoms with Crippen molar-refractivity contribution in [3.63, 3.8) is 0 Å². The number of allylic oxidation sites excluding steroid dienone is 3. The van der Waals surface area contributed by atoms with Crippen LogP contribution in [-0.2, 0) is 19.0 Å². The molecule has 1 aliphatic rings. The Labute approximate surface area is 126 Å². The number of carbonyl (C=O) groups is 1. The van der Waals surface area contributed by atoms with E-state index in [0.29, 0.717) is 39.6 Å². The summed E-state index contributed by atoms with van der Waals surface area (Å²) in [4.78, 5) is 9.00. The molecule has 6 heteroatoms. The Kier molecular flexibility index (Phi) is 14.3. The Morgan fingerprint density at radius 2 is 1.67 bits per heavy atom. The lowest BCUT2D eigenvalue weighted by Crippen LogP contribution is -2.13. The second-order valence-corrected chi connectivity index (χ2v) is 4.35. The molecule has 21 heavy (non-hydrogen) atoms. The largest absolute Gasteiger partial charge is 0.481 e. The lowest BCUT2D eigenvalue weighted by Gasteiger charge is -2.06. The number of ether oxygens (including phenoxy) is 3. The van der Waals surface area contributed by atoms with E-state index in [1.807, 2.05) is 0 Å². The van der Waals surface area contributed by atoms with Gasteiger partial charge in [-0.25, -0.2) is 0 Å². The highest BCUT2D eigenvalue weighted by atomic mass is 16.5. The fraction of sp³-hybridized carbons (Fsp3) is 0.667. The molecule has 0 spiro atoms. The van der Waals surface area contributed by atoms with Crippen LogP contribution in [-0.4, -0.2) is 57.3 Å². The van der Waals surface area contributed by atoms with Gasteiger partial charge >= 0.3 is 0 Å². The average molecular weight is 301 g/mol. The third-order valence-electron chi connectivity index (χ3n) is 2.42. The molecule has 0 unspecified atom stereocenters. The van der Waals surface area contributed by atoms with Crippen molar-refractivity contribution < 1.29 is 24.1 Å². The number of hydrogen-bond acceptors (Lipinski definition) is 5. The summed E-state index contributed by atoms with van der Waals surface area (Å²) in [5, 5.41) is 7.42. The summed E-state index contributed by atoms with van der Waals surface area (Å²) < 4.78 is 16.0. The molecule has 3 N–H and O–H groups in total. The van der Waals surface area contributed by atoms with Crippen molar-refractivity contribution in [3.05, 3.63) is 23.8 Å². The Hall–Kier alpha value is -1.21. The highest BCUT2D eigenvalue weighted by Crippen LogP contribution is 2.13. The molecule has 0 saturated carbocycles. The van der Waals surface area contributed by atoms with Gasteiger partial charge in [0.1, 0.15) is 0 Å². The topological polar surface area (TPSA) is 91.0 Å². The molecule has 1 rings (SSSR count). The van der Waals surface area contributed by atoms with Crippen molar-refractivity contribution >= 4 is 5.97 Å². The van der Waals surface area contributed by atoms with Crippen LogP contribution in [0.15, 0.2) is 23.8 Å². The number of rotatable bonds is 11. The molecule has 0 atom stereocenters. The molecule has 0 aromatic rings. The van der Waals surface area contributed by atoms with Crippen LogP contribution in [0.25, 0.3) is 0 Å². The summed E-state index contributed by atoms with van der Waals surface area (Å²) in [7, 11) is 0. The van der Waals surface area contributed by atoms with Gasteiger partial charge < -0.3 is 25.1 Å². The summed E-state index contributed by atoms with van der Waals surface area (Å²) in [6.07, 6.45) is 8.53. The first kappa shape index (κ1) is 19.8. The zero-order valence-corrected chi connectivity index (χ0v) is 12.8. The first-order chi connectivity index (χ1) is 10.2. The summed E-state index contributed by atoms with van der Waals surface area (Å²) in [5.41, 5.74) is 6.73. The van der Waals surface area contributed by atoms with Crippen molar-refractivity contribution in [2.24, 2.45) is 5.73 Å². The summed E-state index contributed by atoms with van der Waals surface area (Å²) in [6, 6.07) is 0. The standard InChI is InChI=1S/C13H23NO3.C2H4O2/c14-6-8-16-10-12-17-11-9-15-7-5-13-3-1-2-4-13;1-2(3)4/h1-3H,4-12,14H2;1H3,(H,3,4). The van der Waals surface area contributed by atoms with Gasteiger partial charge in [-0.1, -0.05) is 23.8 Å². The molecule has 0 radical (unpaired) electrons. The van der Waals surface area contributed by atoms with Crippen LogP contribution in [0.1, 0.15) is 19.8 Å². The fourth-order valence-corrected chi connectivity index (χ4v) is 1.51. The minimum Gasteiger partial charge on any atom is -0.481 e. The summed E-state index contributed by atoms with van der Waals surface area (Å²) in [5.74, 6) is -0.833. The van der Waals surface area contributed by atoms with Gasteiger partial charge in [-0.15, -0.1) is 0 Å². The van der Waals surface area contributed by atoms with E-state index in [-0.39, 0.29) is 0 Å². The average Bonchev–Trinajstić information content (AvgIpc) is 2.93. The Balaban J connectivity index is 0.000000885. The first-order valence-electron chi connectivity index (χ1n) is 7.14. The second kappa shape index (κ2) is 15.2. The summed E-state index contributed by atoms with van der Waals surface area (Å²) in [6.45, 7) is 5.52. The van der Waals surface area contributed by atoms with Gasteiger partial charge in [0.15, 0.2) is 0 Å². The van der Waals surface area contributed by atoms with E-state index in [1.165, 1.54) is 5.57 Å². The van der Waals surface area contributed by atoms with Gasteiger partial charge in [-0.3, -0.25) is 4.79 Å². The molecule has 0 amide bonds. The number of carboxylic acid groups (broad SMARTS) is 1. The van der Waals surface area contributed by atoms with Gasteiger partial charge in [0, 0.05) is 13.5 Å². The number of nitrogens with two attached hydrogens (primary N) is 1. The molecule has 0 saturated heterocycles. The zero-order valence-electron chi connectivity index (χ0n) is 12.8. The highest BCUT2D eigenvalue weighted by Gasteiger charge is 1.98. The van der Waals surface area contributed by atoms with Crippen molar-refractivity contribution in [1.29, 1.82) is 0 Å². The second-order valence-electron chi connectivity index (χ2n) is 4.35. The molecule has 6 nitrogen and oxygen atoms in total. The Bertz CT molecular complexity index is 311. The van der Waals surface area contributed by atoms with E-state index in [9.17, 15) is 0 Å². The number of hydrogen-bond donors (Lipinski definition) is 2. The van der Waals surface area contributed by atoms with Crippen LogP contribution >= 0.6 is 0 Å². The molecule has 0 aromatic carbocycles. The predicted molar refractivity (Wildman–Crippen MR) is 81.3 cm³/mol. The van der Waals surface area contributed by atoms with Gasteiger partial charge in [0.05, 0.1) is 39.6 Å². The molecule has 0 heterocycles. The Morgan fingerprint density at radius 3 is 2.14 bits per heavy atom. The van der Waals surface area contributed by atoms with Gasteiger partial charge in [0.25, 0.3) is 5.97 Å². The minimum absolute atomic E-state index is 0.563. The number of aliphatic carboxylic acids is 1. The van der Waals surface area contributed by atoms with E-state index in [4.69, 9.17) is 29.8 Å². The zero-order chi connectivity index (χ0) is 15.8. The van der Waals surface area contributed by atoms with Crippen molar-refractivity contribution in [1.82, 2.24) is 0 Å². The predicted octanol–water partition coefficient (Wildman–Crippen LogP) is 1.36. The SMILES string of the molecule is CC(=O)O.NCCOCCOCCOCCC1=CC=CC1. The van der Waals surface area contributed by atoms with E-state index in [2.05, 4.69) is 18.2 Å². The van der Waals surface area contributed by atoms with Gasteiger partial charge in [-0.05, 0) is 12.8 Å². The van der Waals surface area contributed by atoms with Crippen molar-refractivity contribution in [2.75, 3.05) is 46.2 Å². The van der Waals surface area contributed by atoms with Crippen LogP contribution in [0.4, 0.5) is 0 Å². The lowest BCUT2D eigenvalue weighted by atomic mass is 10.2. The maximum Gasteiger partial charge on any atom is 0.300 e. The first-order valence-corrected chi connectivity index (χ1v) is 7.14. The summed E-state index contributed by atoms with van der Waals surface area (Å²) >= 11 is 0. The van der Waals surface area contributed by atoms with Gasteiger partial charge in [0.2, 0.25) is 0 Å². The lowest BCUT2D eigenvalue weighted by molar-refractivity contribution is -0.134. The van der Waals surface area contributed by atoms with E-state index in [0.717, 1.165) is 26.4 Å². The van der Waals surface area contributed by atoms with Crippen LogP contribution in [0, 0.1) is 0 Å². The molecule has 122 valence electrons. The minimum atomic E-state index is -0.833. The Morgan fingerprint density at radius 1 is 1.14 bits per heavy atom. The molecule has 0 bridgehead atoms. The van der Waals surface area contributed by atoms with E-state index >= 15 is 0 Å². The highest BCUT2D eigenvalue weighted by molar-refractivity contribution is 5.62. The van der Waals surface area contributed by atoms with Gasteiger partial charge in [-0.2, -0.15) is 0 Å². The van der Waals surface area contributed by atoms with Crippen molar-refractivity contribution in [3.8, 4) is 0 Å². The third-order valence-corrected chi connectivity index (χ3v) is 2.42. The van der Waals surface area contributed by atoms with E-state index < -0.39 is 5.97 Å². The maximum atomic E-state index is 9.00. The van der Waals surface area contributed by atoms with Crippen LogP contribution in [0.3, 0.4) is 0 Å². The number of carboxylic acids is 1. The van der Waals surface area contributed by atoms with Crippen molar-refractivity contribution in [2.45, 2.75) is 19.8 Å². The quantitative estimate of drug-likeness (QED) is 0.560. The fourth-order valence-electron chi connectivity index (χ4n) is 1.51. The molecular formula is C15H27NO5. The monoisotopic (exact) mass is 301 g/mol. The maximum absolute atomic E-state index is 9.00. The molecule has 0 fully saturated rings. The van der Waals surface area contributed by atoms with E-state index in [1.54, 1.807) is 0 Å².